The SMILES string of the molecule is C#Cc1c(F)ccc2cc(O)cc(-c3nc(N4CCC4(C)CO)c4cnc(OC[C@@]56CCCN5C[C@H](F)C6)nc4c3F)c12. The molecule has 3 aliphatic heterocycles. The molecule has 0 radical (unpaired) electrons. The zero-order chi connectivity index (χ0) is 30.1. The maximum Gasteiger partial charge on any atom is 0.317 e. The van der Waals surface area contributed by atoms with Crippen LogP contribution in [0.4, 0.5) is 19.0 Å². The number of fused-ring (bicyclic) bond motifs is 3. The fourth-order valence-corrected chi connectivity index (χ4v) is 7.01. The Morgan fingerprint density at radius 3 is 2.77 bits per heavy atom. The summed E-state index contributed by atoms with van der Waals surface area (Å²) in [5.74, 6) is 0.999. The highest BCUT2D eigenvalue weighted by Gasteiger charge is 2.49. The molecule has 3 aliphatic rings. The van der Waals surface area contributed by atoms with Gasteiger partial charge in [-0.2, -0.15) is 4.98 Å². The van der Waals surface area contributed by atoms with Crippen molar-refractivity contribution in [3.05, 3.63) is 47.7 Å². The topological polar surface area (TPSA) is 94.8 Å². The van der Waals surface area contributed by atoms with Gasteiger partial charge in [0.1, 0.15) is 41.4 Å². The summed E-state index contributed by atoms with van der Waals surface area (Å²) in [5.41, 5.74) is -1.38. The lowest BCUT2D eigenvalue weighted by atomic mass is 9.87. The molecule has 4 aromatic rings. The first-order valence-electron chi connectivity index (χ1n) is 14.4. The summed E-state index contributed by atoms with van der Waals surface area (Å²) in [5, 5.41) is 21.6. The van der Waals surface area contributed by atoms with Gasteiger partial charge in [0, 0.05) is 36.7 Å². The monoisotopic (exact) mass is 589 g/mol. The van der Waals surface area contributed by atoms with Crippen LogP contribution in [0.3, 0.4) is 0 Å². The molecule has 1 unspecified atom stereocenters. The van der Waals surface area contributed by atoms with Crippen LogP contribution in [0.5, 0.6) is 11.8 Å². The quantitative estimate of drug-likeness (QED) is 0.312. The van der Waals surface area contributed by atoms with Crippen LogP contribution in [0.1, 0.15) is 38.2 Å². The van der Waals surface area contributed by atoms with E-state index in [9.17, 15) is 19.0 Å². The molecule has 0 amide bonds. The number of phenolic OH excluding ortho intramolecular Hbond substituents is 1. The van der Waals surface area contributed by atoms with Gasteiger partial charge in [-0.3, -0.25) is 4.90 Å². The second-order valence-corrected chi connectivity index (χ2v) is 12.1. The van der Waals surface area contributed by atoms with E-state index in [1.807, 2.05) is 11.8 Å². The molecule has 3 fully saturated rings. The van der Waals surface area contributed by atoms with E-state index in [0.717, 1.165) is 19.4 Å². The Balaban J connectivity index is 1.41. The molecule has 222 valence electrons. The van der Waals surface area contributed by atoms with Crippen molar-refractivity contribution in [2.45, 2.75) is 49.9 Å². The Labute approximate surface area is 246 Å². The van der Waals surface area contributed by atoms with E-state index in [1.165, 1.54) is 30.5 Å². The molecule has 3 saturated heterocycles. The van der Waals surface area contributed by atoms with Crippen molar-refractivity contribution in [2.24, 2.45) is 0 Å². The third-order valence-corrected chi connectivity index (χ3v) is 9.44. The van der Waals surface area contributed by atoms with Crippen molar-refractivity contribution in [1.82, 2.24) is 19.9 Å². The first kappa shape index (κ1) is 27.7. The van der Waals surface area contributed by atoms with Crippen molar-refractivity contribution in [3.63, 3.8) is 0 Å². The number of aliphatic hydroxyl groups is 1. The lowest BCUT2D eigenvalue weighted by Crippen LogP contribution is -2.61. The van der Waals surface area contributed by atoms with Gasteiger partial charge in [-0.1, -0.05) is 12.0 Å². The third kappa shape index (κ3) is 4.26. The number of halogens is 3. The number of hydrogen-bond acceptors (Lipinski definition) is 8. The second kappa shape index (κ2) is 9.96. The number of anilines is 1. The van der Waals surface area contributed by atoms with E-state index in [0.29, 0.717) is 42.5 Å². The zero-order valence-corrected chi connectivity index (χ0v) is 23.6. The standard InChI is InChI=1S/C32H30F3N5O3/c1-3-21-24(34)6-5-18-11-20(42)12-22(25(18)21)27-26(35)28-23(29(37-27)40-10-8-31(40,2)16-41)14-36-30(38-28)43-17-32-7-4-9-39(32)15-19(33)13-32/h1,5-6,11-12,14,19,41-42H,4,7-10,13,15-17H2,2H3/t19-,31?,32+/m1/s1. The van der Waals surface area contributed by atoms with E-state index in [4.69, 9.17) is 16.1 Å². The number of ether oxygens (including phenoxy) is 1. The molecule has 11 heteroatoms. The number of aliphatic hydroxyl groups excluding tert-OH is 1. The molecular weight excluding hydrogens is 559 g/mol. The van der Waals surface area contributed by atoms with E-state index in [1.54, 1.807) is 0 Å². The molecule has 0 spiro atoms. The smallest absolute Gasteiger partial charge is 0.317 e. The molecule has 2 aromatic heterocycles. The Kier molecular flexibility index (Phi) is 6.41. The van der Waals surface area contributed by atoms with Gasteiger partial charge in [0.2, 0.25) is 0 Å². The summed E-state index contributed by atoms with van der Waals surface area (Å²) >= 11 is 0. The van der Waals surface area contributed by atoms with Crippen molar-refractivity contribution in [1.29, 1.82) is 0 Å². The van der Waals surface area contributed by atoms with Crippen LogP contribution in [-0.2, 0) is 0 Å². The molecule has 2 aromatic carbocycles. The fraction of sp³-hybridized carbons (Fsp3) is 0.406. The van der Waals surface area contributed by atoms with Gasteiger partial charge >= 0.3 is 6.01 Å². The predicted molar refractivity (Wildman–Crippen MR) is 156 cm³/mol. The van der Waals surface area contributed by atoms with Crippen molar-refractivity contribution in [3.8, 4) is 35.4 Å². The summed E-state index contributed by atoms with van der Waals surface area (Å²) < 4.78 is 51.8. The van der Waals surface area contributed by atoms with Crippen LogP contribution in [0.25, 0.3) is 32.9 Å². The minimum Gasteiger partial charge on any atom is -0.508 e. The van der Waals surface area contributed by atoms with Gasteiger partial charge in [-0.15, -0.1) is 6.42 Å². The van der Waals surface area contributed by atoms with E-state index < -0.39 is 28.9 Å². The summed E-state index contributed by atoms with van der Waals surface area (Å²) in [6.45, 7) is 3.58. The minimum absolute atomic E-state index is 0.0670. The van der Waals surface area contributed by atoms with Crippen LogP contribution in [0.15, 0.2) is 30.5 Å². The number of benzene rings is 2. The summed E-state index contributed by atoms with van der Waals surface area (Å²) in [6, 6.07) is 5.30. The number of nitrogens with zero attached hydrogens (tertiary/aromatic N) is 5. The maximum absolute atomic E-state index is 16.6. The lowest BCUT2D eigenvalue weighted by Gasteiger charge is -2.50. The van der Waals surface area contributed by atoms with Crippen LogP contribution in [0.2, 0.25) is 0 Å². The van der Waals surface area contributed by atoms with Gasteiger partial charge < -0.3 is 19.8 Å². The average Bonchev–Trinajstić information content (AvgIpc) is 3.51. The number of alkyl halides is 1. The van der Waals surface area contributed by atoms with Gasteiger partial charge in [0.05, 0.1) is 28.6 Å². The maximum atomic E-state index is 16.6. The first-order chi connectivity index (χ1) is 20.7. The highest BCUT2D eigenvalue weighted by Crippen LogP contribution is 2.44. The Morgan fingerprint density at radius 1 is 1.19 bits per heavy atom. The van der Waals surface area contributed by atoms with Crippen molar-refractivity contribution in [2.75, 3.05) is 37.7 Å². The Bertz CT molecular complexity index is 1830. The van der Waals surface area contributed by atoms with Crippen LogP contribution in [0, 0.1) is 24.0 Å². The van der Waals surface area contributed by atoms with Crippen molar-refractivity contribution >= 4 is 27.5 Å². The molecule has 3 atom stereocenters. The first-order valence-corrected chi connectivity index (χ1v) is 14.4. The number of pyridine rings is 1. The van der Waals surface area contributed by atoms with Gasteiger partial charge in [-0.05, 0) is 56.3 Å². The zero-order valence-electron chi connectivity index (χ0n) is 23.6. The largest absolute Gasteiger partial charge is 0.508 e. The number of rotatable bonds is 6. The van der Waals surface area contributed by atoms with Crippen LogP contribution >= 0.6 is 0 Å². The second-order valence-electron chi connectivity index (χ2n) is 12.1. The van der Waals surface area contributed by atoms with E-state index in [-0.39, 0.29) is 52.7 Å². The number of aromatic nitrogens is 3. The molecule has 5 heterocycles. The fourth-order valence-electron chi connectivity index (χ4n) is 7.01. The Morgan fingerprint density at radius 2 is 2.02 bits per heavy atom. The highest BCUT2D eigenvalue weighted by atomic mass is 19.1. The molecule has 43 heavy (non-hydrogen) atoms. The number of phenols is 1. The van der Waals surface area contributed by atoms with E-state index >= 15 is 4.39 Å². The minimum atomic E-state index is -0.928. The average molecular weight is 590 g/mol. The summed E-state index contributed by atoms with van der Waals surface area (Å²) in [6.07, 6.45) is 8.96. The summed E-state index contributed by atoms with van der Waals surface area (Å²) in [4.78, 5) is 17.5. The summed E-state index contributed by atoms with van der Waals surface area (Å²) in [7, 11) is 0. The molecule has 0 bridgehead atoms. The predicted octanol–water partition coefficient (Wildman–Crippen LogP) is 4.73. The van der Waals surface area contributed by atoms with E-state index in [2.05, 4.69) is 20.8 Å². The third-order valence-electron chi connectivity index (χ3n) is 9.44. The van der Waals surface area contributed by atoms with Gasteiger partial charge in [-0.25, -0.2) is 23.1 Å². The molecule has 7 rings (SSSR count). The number of terminal acetylenes is 1. The number of aromatic hydroxyl groups is 1. The van der Waals surface area contributed by atoms with Gasteiger partial charge in [0.15, 0.2) is 5.82 Å². The number of hydrogen-bond donors (Lipinski definition) is 2. The molecule has 2 N–H and O–H groups in total. The molecule has 8 nitrogen and oxygen atoms in total. The van der Waals surface area contributed by atoms with Crippen molar-refractivity contribution < 1.29 is 28.1 Å². The molecule has 0 saturated carbocycles. The molecule has 0 aliphatic carbocycles. The normalized spacial score (nSPS) is 25.2. The van der Waals surface area contributed by atoms with Gasteiger partial charge in [0.25, 0.3) is 0 Å². The highest BCUT2D eigenvalue weighted by molar-refractivity contribution is 6.03. The van der Waals surface area contributed by atoms with Crippen LogP contribution < -0.4 is 9.64 Å². The van der Waals surface area contributed by atoms with Crippen LogP contribution in [-0.4, -0.2) is 80.2 Å². The molecular formula is C32H30F3N5O3. The Hall–Kier alpha value is -4.14. The lowest BCUT2D eigenvalue weighted by molar-refractivity contribution is 0.107.